The summed E-state index contributed by atoms with van der Waals surface area (Å²) in [6, 6.07) is 10.1. The van der Waals surface area contributed by atoms with Gasteiger partial charge in [0.25, 0.3) is 0 Å². The number of thiazole rings is 1. The van der Waals surface area contributed by atoms with Crippen LogP contribution in [-0.2, 0) is 16.9 Å². The van der Waals surface area contributed by atoms with Crippen LogP contribution in [-0.4, -0.2) is 21.4 Å². The Labute approximate surface area is 226 Å². The summed E-state index contributed by atoms with van der Waals surface area (Å²) in [6.45, 7) is 0.304. The molecule has 0 unspecified atom stereocenters. The third kappa shape index (κ3) is 4.64. The molecule has 10 heteroatoms. The number of ether oxygens (including phenoxy) is 1. The number of benzene rings is 2. The number of aromatic nitrogens is 2. The normalized spacial score (nSPS) is 21.9. The standard InChI is InChI=1S/C27H22Cl2FN3O3S/c28-18-2-1-3-19(29)22(18)23-17(25(36-33-23)15-4-5-15)13-35-16-6-8-27(34,9-7-16)26-32-24-20(30)10-14(12-31)11-21(24)37-26/h1-3,10-11,15-16,34H,4-9,13H2/t16-,27+. The van der Waals surface area contributed by atoms with Crippen molar-refractivity contribution in [2.75, 3.05) is 0 Å². The van der Waals surface area contributed by atoms with E-state index in [1.54, 1.807) is 24.3 Å². The van der Waals surface area contributed by atoms with Crippen LogP contribution < -0.4 is 0 Å². The van der Waals surface area contributed by atoms with Gasteiger partial charge in [0.2, 0.25) is 0 Å². The molecule has 2 fully saturated rings. The molecule has 0 spiro atoms. The second-order valence-corrected chi connectivity index (χ2v) is 11.6. The molecule has 1 N–H and O–H groups in total. The lowest BCUT2D eigenvalue weighted by molar-refractivity contribution is -0.0641. The zero-order valence-electron chi connectivity index (χ0n) is 19.6. The van der Waals surface area contributed by atoms with E-state index < -0.39 is 11.4 Å². The van der Waals surface area contributed by atoms with Gasteiger partial charge < -0.3 is 14.4 Å². The van der Waals surface area contributed by atoms with E-state index in [1.807, 2.05) is 6.07 Å². The zero-order chi connectivity index (χ0) is 25.7. The molecule has 2 heterocycles. The highest BCUT2D eigenvalue weighted by Gasteiger charge is 2.39. The van der Waals surface area contributed by atoms with Crippen molar-refractivity contribution in [1.29, 1.82) is 5.26 Å². The summed E-state index contributed by atoms with van der Waals surface area (Å²) < 4.78 is 27.0. The molecule has 0 aliphatic heterocycles. The fourth-order valence-electron chi connectivity index (χ4n) is 4.95. The minimum Gasteiger partial charge on any atom is -0.383 e. The molecule has 0 amide bonds. The number of nitriles is 1. The van der Waals surface area contributed by atoms with Gasteiger partial charge in [0, 0.05) is 17.0 Å². The minimum atomic E-state index is -1.16. The Balaban J connectivity index is 1.18. The van der Waals surface area contributed by atoms with E-state index in [-0.39, 0.29) is 17.2 Å². The molecule has 0 saturated heterocycles. The van der Waals surface area contributed by atoms with Gasteiger partial charge in [-0.15, -0.1) is 11.3 Å². The maximum atomic E-state index is 14.4. The molecule has 2 aromatic heterocycles. The molecular weight excluding hydrogens is 536 g/mol. The van der Waals surface area contributed by atoms with Gasteiger partial charge in [0.05, 0.1) is 39.1 Å². The van der Waals surface area contributed by atoms with Crippen molar-refractivity contribution in [2.45, 2.75) is 62.8 Å². The number of nitrogens with zero attached hydrogens (tertiary/aromatic N) is 3. The predicted octanol–water partition coefficient (Wildman–Crippen LogP) is 7.49. The summed E-state index contributed by atoms with van der Waals surface area (Å²) in [7, 11) is 0. The second kappa shape index (κ2) is 9.64. The highest BCUT2D eigenvalue weighted by Crippen LogP contribution is 2.47. The van der Waals surface area contributed by atoms with Crippen LogP contribution in [0.3, 0.4) is 0 Å². The molecule has 37 heavy (non-hydrogen) atoms. The lowest BCUT2D eigenvalue weighted by Crippen LogP contribution is -2.34. The first kappa shape index (κ1) is 24.8. The summed E-state index contributed by atoms with van der Waals surface area (Å²) in [4.78, 5) is 4.39. The smallest absolute Gasteiger partial charge is 0.151 e. The fourth-order valence-corrected chi connectivity index (χ4v) is 6.69. The molecule has 2 aliphatic rings. The van der Waals surface area contributed by atoms with Crippen LogP contribution in [0.5, 0.6) is 0 Å². The van der Waals surface area contributed by atoms with Gasteiger partial charge >= 0.3 is 0 Å². The van der Waals surface area contributed by atoms with Crippen LogP contribution in [0, 0.1) is 17.1 Å². The molecule has 190 valence electrons. The molecule has 4 aromatic rings. The van der Waals surface area contributed by atoms with Crippen LogP contribution >= 0.6 is 34.5 Å². The van der Waals surface area contributed by atoms with Crippen molar-refractivity contribution in [3.8, 4) is 17.3 Å². The number of fused-ring (bicyclic) bond motifs is 1. The highest BCUT2D eigenvalue weighted by molar-refractivity contribution is 7.18. The molecule has 6 rings (SSSR count). The lowest BCUT2D eigenvalue weighted by atomic mass is 9.83. The summed E-state index contributed by atoms with van der Waals surface area (Å²) in [5, 5.41) is 26.3. The van der Waals surface area contributed by atoms with E-state index in [1.165, 1.54) is 17.4 Å². The van der Waals surface area contributed by atoms with Gasteiger partial charge in [-0.3, -0.25) is 0 Å². The number of aliphatic hydroxyl groups is 1. The largest absolute Gasteiger partial charge is 0.383 e. The number of hydrogen-bond acceptors (Lipinski definition) is 7. The molecular formula is C27H22Cl2FN3O3S. The number of rotatable bonds is 6. The first-order chi connectivity index (χ1) is 17.9. The Morgan fingerprint density at radius 1 is 1.19 bits per heavy atom. The summed E-state index contributed by atoms with van der Waals surface area (Å²) in [5.74, 6) is 0.608. The first-order valence-corrected chi connectivity index (χ1v) is 13.7. The van der Waals surface area contributed by atoms with Crippen molar-refractivity contribution in [2.24, 2.45) is 0 Å². The number of halogens is 3. The Morgan fingerprint density at radius 2 is 1.92 bits per heavy atom. The molecule has 2 saturated carbocycles. The Hall–Kier alpha value is -2.54. The maximum absolute atomic E-state index is 14.4. The summed E-state index contributed by atoms with van der Waals surface area (Å²) in [5.41, 5.74) is 1.39. The Kier molecular flexibility index (Phi) is 6.46. The van der Waals surface area contributed by atoms with E-state index >= 15 is 0 Å². The second-order valence-electron chi connectivity index (χ2n) is 9.72. The van der Waals surface area contributed by atoms with Crippen LogP contribution in [0.4, 0.5) is 4.39 Å². The highest BCUT2D eigenvalue weighted by atomic mass is 35.5. The molecule has 2 aromatic carbocycles. The molecule has 2 aliphatic carbocycles. The zero-order valence-corrected chi connectivity index (χ0v) is 22.0. The van der Waals surface area contributed by atoms with Crippen molar-refractivity contribution in [3.05, 3.63) is 68.1 Å². The van der Waals surface area contributed by atoms with Gasteiger partial charge in [-0.25, -0.2) is 9.37 Å². The van der Waals surface area contributed by atoms with Gasteiger partial charge in [0.1, 0.15) is 27.6 Å². The Morgan fingerprint density at radius 3 is 2.59 bits per heavy atom. The van der Waals surface area contributed by atoms with Crippen molar-refractivity contribution >= 4 is 44.8 Å². The van der Waals surface area contributed by atoms with E-state index in [0.717, 1.165) is 24.2 Å². The monoisotopic (exact) mass is 557 g/mol. The van der Waals surface area contributed by atoms with Gasteiger partial charge in [-0.1, -0.05) is 34.4 Å². The van der Waals surface area contributed by atoms with Crippen LogP contribution in [0.1, 0.15) is 66.3 Å². The van der Waals surface area contributed by atoms with Crippen molar-refractivity contribution in [3.63, 3.8) is 0 Å². The van der Waals surface area contributed by atoms with E-state index in [9.17, 15) is 9.50 Å². The minimum absolute atomic E-state index is 0.0758. The predicted molar refractivity (Wildman–Crippen MR) is 139 cm³/mol. The van der Waals surface area contributed by atoms with Crippen molar-refractivity contribution in [1.82, 2.24) is 10.1 Å². The average molecular weight is 558 g/mol. The molecule has 0 bridgehead atoms. The average Bonchev–Trinajstić information content (AvgIpc) is 3.49. The SMILES string of the molecule is N#Cc1cc(F)c2nc([C@]3(O)CC[C@@H](OCc4c(-c5c(Cl)cccc5Cl)noc4C4CC4)CC3)sc2c1. The third-order valence-electron chi connectivity index (χ3n) is 7.17. The maximum Gasteiger partial charge on any atom is 0.151 e. The van der Waals surface area contributed by atoms with Crippen LogP contribution in [0.25, 0.3) is 21.5 Å². The van der Waals surface area contributed by atoms with Crippen molar-refractivity contribution < 1.29 is 18.8 Å². The molecule has 0 atom stereocenters. The number of hydrogen-bond donors (Lipinski definition) is 1. The van der Waals surface area contributed by atoms with Gasteiger partial charge in [0.15, 0.2) is 5.82 Å². The first-order valence-electron chi connectivity index (χ1n) is 12.1. The lowest BCUT2D eigenvalue weighted by Gasteiger charge is -2.34. The van der Waals surface area contributed by atoms with Crippen LogP contribution in [0.2, 0.25) is 10.0 Å². The van der Waals surface area contributed by atoms with E-state index in [0.29, 0.717) is 69.2 Å². The molecule has 6 nitrogen and oxygen atoms in total. The van der Waals surface area contributed by atoms with Crippen LogP contribution in [0.15, 0.2) is 34.9 Å². The fraction of sp³-hybridized carbons (Fsp3) is 0.370. The van der Waals surface area contributed by atoms with E-state index in [4.69, 9.17) is 37.7 Å². The quantitative estimate of drug-likeness (QED) is 0.264. The Bertz CT molecular complexity index is 1510. The van der Waals surface area contributed by atoms with Gasteiger partial charge in [-0.2, -0.15) is 5.26 Å². The third-order valence-corrected chi connectivity index (χ3v) is 8.99. The summed E-state index contributed by atoms with van der Waals surface area (Å²) >= 11 is 14.1. The van der Waals surface area contributed by atoms with E-state index in [2.05, 4.69) is 10.1 Å². The molecule has 0 radical (unpaired) electrons. The van der Waals surface area contributed by atoms with Gasteiger partial charge in [-0.05, 0) is 62.8 Å². The summed E-state index contributed by atoms with van der Waals surface area (Å²) in [6.07, 6.45) is 4.13. The topological polar surface area (TPSA) is 92.2 Å².